The summed E-state index contributed by atoms with van der Waals surface area (Å²) < 4.78 is 4.84. The fourth-order valence-corrected chi connectivity index (χ4v) is 2.34. The van der Waals surface area contributed by atoms with Gasteiger partial charge in [0.1, 0.15) is 5.02 Å². The van der Waals surface area contributed by atoms with E-state index in [0.29, 0.717) is 4.88 Å². The van der Waals surface area contributed by atoms with Crippen LogP contribution in [-0.4, -0.2) is 23.3 Å². The number of carbonyl (C=O) groups is 2. The molecule has 0 unspecified atom stereocenters. The number of benzene rings is 1. The van der Waals surface area contributed by atoms with Crippen molar-refractivity contribution in [2.75, 3.05) is 6.61 Å². The molecule has 8 heteroatoms. The number of nitrogens with zero attached hydrogens (tertiary/aromatic N) is 1. The highest BCUT2D eigenvalue weighted by Gasteiger charge is 2.18. The maximum Gasteiger partial charge on any atom is 0.338 e. The number of nitro groups is 1. The Bertz CT molecular complexity index is 699. The number of Topliss-reactive ketones (excluding diaryl/α,β-unsaturated/α-hetero) is 1. The molecule has 6 nitrogen and oxygen atoms in total. The number of ketones is 1. The summed E-state index contributed by atoms with van der Waals surface area (Å²) in [6, 6.07) is 6.88. The molecular formula is C13H8ClNO5S. The Balaban J connectivity index is 2.05. The second-order valence-corrected chi connectivity index (χ2v) is 5.25. The van der Waals surface area contributed by atoms with Gasteiger partial charge in [0, 0.05) is 6.07 Å². The third kappa shape index (κ3) is 3.65. The minimum absolute atomic E-state index is 0.0370. The van der Waals surface area contributed by atoms with Crippen LogP contribution in [0.15, 0.2) is 35.7 Å². The highest BCUT2D eigenvalue weighted by molar-refractivity contribution is 7.12. The predicted octanol–water partition coefficient (Wildman–Crippen LogP) is 3.35. The van der Waals surface area contributed by atoms with Gasteiger partial charge in [0.05, 0.1) is 15.4 Å². The van der Waals surface area contributed by atoms with Crippen LogP contribution in [0.1, 0.15) is 20.0 Å². The summed E-state index contributed by atoms with van der Waals surface area (Å²) in [5.74, 6) is -1.15. The molecule has 1 heterocycles. The zero-order chi connectivity index (χ0) is 15.4. The molecule has 1 aromatic heterocycles. The van der Waals surface area contributed by atoms with Gasteiger partial charge in [-0.25, -0.2) is 4.79 Å². The first-order valence-electron chi connectivity index (χ1n) is 5.67. The topological polar surface area (TPSA) is 86.5 Å². The van der Waals surface area contributed by atoms with Gasteiger partial charge in [0.15, 0.2) is 6.61 Å². The van der Waals surface area contributed by atoms with Crippen LogP contribution >= 0.6 is 22.9 Å². The van der Waals surface area contributed by atoms with Crippen molar-refractivity contribution in [2.24, 2.45) is 0 Å². The summed E-state index contributed by atoms with van der Waals surface area (Å²) in [6.45, 7) is -0.421. The summed E-state index contributed by atoms with van der Waals surface area (Å²) in [5, 5.41) is 12.4. The van der Waals surface area contributed by atoms with E-state index in [-0.39, 0.29) is 16.4 Å². The van der Waals surface area contributed by atoms with Crippen molar-refractivity contribution in [3.8, 4) is 0 Å². The van der Waals surface area contributed by atoms with Gasteiger partial charge in [-0.2, -0.15) is 0 Å². The molecule has 1 aromatic carbocycles. The molecule has 0 aliphatic rings. The minimum Gasteiger partial charge on any atom is -0.454 e. The maximum absolute atomic E-state index is 11.8. The van der Waals surface area contributed by atoms with E-state index in [1.54, 1.807) is 17.5 Å². The lowest BCUT2D eigenvalue weighted by Gasteiger charge is -2.04. The number of halogens is 1. The van der Waals surface area contributed by atoms with Crippen molar-refractivity contribution in [3.63, 3.8) is 0 Å². The van der Waals surface area contributed by atoms with Gasteiger partial charge in [-0.1, -0.05) is 17.7 Å². The fraction of sp³-hybridized carbons (Fsp3) is 0.0769. The Labute approximate surface area is 128 Å². The number of esters is 1. The van der Waals surface area contributed by atoms with Crippen LogP contribution in [0, 0.1) is 10.1 Å². The Kier molecular flexibility index (Phi) is 4.66. The van der Waals surface area contributed by atoms with Crippen LogP contribution in [0.2, 0.25) is 5.02 Å². The molecule has 0 spiro atoms. The first-order chi connectivity index (χ1) is 9.99. The molecule has 0 saturated carbocycles. The normalized spacial score (nSPS) is 10.1. The molecule has 2 aromatic rings. The number of rotatable bonds is 5. The van der Waals surface area contributed by atoms with E-state index >= 15 is 0 Å². The molecule has 0 N–H and O–H groups in total. The zero-order valence-corrected chi connectivity index (χ0v) is 12.0. The van der Waals surface area contributed by atoms with Gasteiger partial charge in [-0.3, -0.25) is 14.9 Å². The van der Waals surface area contributed by atoms with E-state index in [1.807, 2.05) is 0 Å². The van der Waals surface area contributed by atoms with Gasteiger partial charge >= 0.3 is 5.97 Å². The van der Waals surface area contributed by atoms with Gasteiger partial charge in [-0.05, 0) is 23.6 Å². The van der Waals surface area contributed by atoms with Crippen LogP contribution in [0.3, 0.4) is 0 Å². The monoisotopic (exact) mass is 325 g/mol. The lowest BCUT2D eigenvalue weighted by Crippen LogP contribution is -2.13. The number of thiophene rings is 1. The molecule has 0 atom stereocenters. The second kappa shape index (κ2) is 6.47. The van der Waals surface area contributed by atoms with E-state index in [9.17, 15) is 19.7 Å². The average molecular weight is 326 g/mol. The Morgan fingerprint density at radius 3 is 2.71 bits per heavy atom. The van der Waals surface area contributed by atoms with Gasteiger partial charge < -0.3 is 4.74 Å². The summed E-state index contributed by atoms with van der Waals surface area (Å²) in [5.41, 5.74) is -0.430. The average Bonchev–Trinajstić information content (AvgIpc) is 2.98. The molecule has 0 aliphatic heterocycles. The number of hydrogen-bond donors (Lipinski definition) is 0. The van der Waals surface area contributed by atoms with Crippen LogP contribution < -0.4 is 0 Å². The summed E-state index contributed by atoms with van der Waals surface area (Å²) in [7, 11) is 0. The molecule has 0 bridgehead atoms. The molecule has 0 saturated heterocycles. The smallest absolute Gasteiger partial charge is 0.338 e. The summed E-state index contributed by atoms with van der Waals surface area (Å²) in [4.78, 5) is 34.0. The maximum atomic E-state index is 11.8. The molecule has 0 fully saturated rings. The van der Waals surface area contributed by atoms with Crippen molar-refractivity contribution < 1.29 is 19.2 Å². The SMILES string of the molecule is O=C(OCC(=O)c1cccs1)c1ccc(Cl)c([N+](=O)[O-])c1. The molecule has 0 amide bonds. The van der Waals surface area contributed by atoms with Crippen LogP contribution in [0.25, 0.3) is 0 Å². The highest BCUT2D eigenvalue weighted by Crippen LogP contribution is 2.25. The molecule has 2 rings (SSSR count). The van der Waals surface area contributed by atoms with Crippen LogP contribution in [0.5, 0.6) is 0 Å². The summed E-state index contributed by atoms with van der Waals surface area (Å²) >= 11 is 6.88. The second-order valence-electron chi connectivity index (χ2n) is 3.90. The van der Waals surface area contributed by atoms with E-state index in [1.165, 1.54) is 23.5 Å². The molecule has 0 radical (unpaired) electrons. The van der Waals surface area contributed by atoms with Crippen LogP contribution in [0.4, 0.5) is 5.69 Å². The number of ether oxygens (including phenoxy) is 1. The van der Waals surface area contributed by atoms with Crippen molar-refractivity contribution in [1.29, 1.82) is 0 Å². The van der Waals surface area contributed by atoms with Crippen molar-refractivity contribution >= 4 is 40.4 Å². The van der Waals surface area contributed by atoms with E-state index < -0.39 is 23.2 Å². The number of hydrogen-bond acceptors (Lipinski definition) is 6. The minimum atomic E-state index is -0.820. The largest absolute Gasteiger partial charge is 0.454 e. The van der Waals surface area contributed by atoms with Gasteiger partial charge in [0.25, 0.3) is 5.69 Å². The van der Waals surface area contributed by atoms with Crippen molar-refractivity contribution in [3.05, 3.63) is 61.3 Å². The lowest BCUT2D eigenvalue weighted by molar-refractivity contribution is -0.384. The zero-order valence-electron chi connectivity index (χ0n) is 10.4. The van der Waals surface area contributed by atoms with E-state index in [2.05, 4.69) is 0 Å². The highest BCUT2D eigenvalue weighted by atomic mass is 35.5. The Morgan fingerprint density at radius 2 is 2.10 bits per heavy atom. The standard InChI is InChI=1S/C13H8ClNO5S/c14-9-4-3-8(6-10(9)15(18)19)13(17)20-7-11(16)12-2-1-5-21-12/h1-6H,7H2. The lowest BCUT2D eigenvalue weighted by atomic mass is 10.2. The number of nitro benzene ring substituents is 1. The van der Waals surface area contributed by atoms with E-state index in [4.69, 9.17) is 16.3 Å². The van der Waals surface area contributed by atoms with E-state index in [0.717, 1.165) is 6.07 Å². The van der Waals surface area contributed by atoms with Gasteiger partial charge in [0.2, 0.25) is 5.78 Å². The first-order valence-corrected chi connectivity index (χ1v) is 6.92. The third-order valence-corrected chi connectivity index (χ3v) is 3.74. The van der Waals surface area contributed by atoms with Crippen molar-refractivity contribution in [1.82, 2.24) is 0 Å². The Morgan fingerprint density at radius 1 is 1.33 bits per heavy atom. The Hall–Kier alpha value is -2.25. The quantitative estimate of drug-likeness (QED) is 0.364. The molecule has 0 aliphatic carbocycles. The molecule has 108 valence electrons. The first kappa shape index (κ1) is 15.1. The van der Waals surface area contributed by atoms with Crippen LogP contribution in [-0.2, 0) is 4.74 Å². The van der Waals surface area contributed by atoms with Crippen molar-refractivity contribution in [2.45, 2.75) is 0 Å². The predicted molar refractivity (Wildman–Crippen MR) is 77.0 cm³/mol. The third-order valence-electron chi connectivity index (χ3n) is 2.51. The summed E-state index contributed by atoms with van der Waals surface area (Å²) in [6.07, 6.45) is 0. The molecular weight excluding hydrogens is 318 g/mol. The van der Waals surface area contributed by atoms with Gasteiger partial charge in [-0.15, -0.1) is 11.3 Å². The number of carbonyl (C=O) groups excluding carboxylic acids is 2. The fourth-order valence-electron chi connectivity index (χ4n) is 1.50. The molecule has 21 heavy (non-hydrogen) atoms.